The van der Waals surface area contributed by atoms with Gasteiger partial charge >= 0.3 is 0 Å². The second-order valence-corrected chi connectivity index (χ2v) is 3.15. The van der Waals surface area contributed by atoms with Crippen LogP contribution in [0.1, 0.15) is 18.9 Å². The van der Waals surface area contributed by atoms with E-state index in [0.29, 0.717) is 12.0 Å². The van der Waals surface area contributed by atoms with E-state index in [1.807, 2.05) is 25.1 Å². The summed E-state index contributed by atoms with van der Waals surface area (Å²) in [5, 5.41) is 11.9. The van der Waals surface area contributed by atoms with Gasteiger partial charge in [0.25, 0.3) is 0 Å². The first-order valence-corrected chi connectivity index (χ1v) is 4.46. The Morgan fingerprint density at radius 3 is 3.00 bits per heavy atom. The first-order chi connectivity index (χ1) is 6.76. The lowest BCUT2D eigenvalue weighted by Crippen LogP contribution is -2.13. The summed E-state index contributed by atoms with van der Waals surface area (Å²) in [6.07, 6.45) is 5.87. The summed E-state index contributed by atoms with van der Waals surface area (Å²) < 4.78 is 0. The lowest BCUT2D eigenvalue weighted by molar-refractivity contribution is 0.829. The molecule has 70 valence electrons. The van der Waals surface area contributed by atoms with Crippen LogP contribution in [0.15, 0.2) is 24.3 Å². The first-order valence-electron chi connectivity index (χ1n) is 4.46. The van der Waals surface area contributed by atoms with Gasteiger partial charge in [0.15, 0.2) is 0 Å². The van der Waals surface area contributed by atoms with Gasteiger partial charge in [0.1, 0.15) is 0 Å². The van der Waals surface area contributed by atoms with Gasteiger partial charge in [0.05, 0.1) is 11.6 Å². The SMILES string of the molecule is C#CCC(C)Nc1cccc(C#N)c1. The smallest absolute Gasteiger partial charge is 0.0992 e. The fourth-order valence-corrected chi connectivity index (χ4v) is 1.19. The van der Waals surface area contributed by atoms with E-state index in [0.717, 1.165) is 5.69 Å². The van der Waals surface area contributed by atoms with Crippen molar-refractivity contribution >= 4 is 5.69 Å². The number of anilines is 1. The summed E-state index contributed by atoms with van der Waals surface area (Å²) in [4.78, 5) is 0. The molecule has 0 saturated carbocycles. The molecule has 0 heterocycles. The Bertz CT molecular complexity index is 382. The Morgan fingerprint density at radius 2 is 2.36 bits per heavy atom. The highest BCUT2D eigenvalue weighted by atomic mass is 14.9. The molecule has 1 N–H and O–H groups in total. The van der Waals surface area contributed by atoms with E-state index in [2.05, 4.69) is 17.3 Å². The number of hydrogen-bond donors (Lipinski definition) is 1. The molecule has 2 heteroatoms. The van der Waals surface area contributed by atoms with Gasteiger partial charge in [-0.25, -0.2) is 0 Å². The quantitative estimate of drug-likeness (QED) is 0.732. The largest absolute Gasteiger partial charge is 0.382 e. The molecule has 0 aromatic heterocycles. The summed E-state index contributed by atoms with van der Waals surface area (Å²) in [5.41, 5.74) is 1.59. The van der Waals surface area contributed by atoms with Crippen molar-refractivity contribution < 1.29 is 0 Å². The zero-order valence-corrected chi connectivity index (χ0v) is 8.12. The Labute approximate surface area is 84.6 Å². The molecule has 0 bridgehead atoms. The molecule has 2 nitrogen and oxygen atoms in total. The second-order valence-electron chi connectivity index (χ2n) is 3.15. The van der Waals surface area contributed by atoms with Crippen molar-refractivity contribution in [3.8, 4) is 18.4 Å². The summed E-state index contributed by atoms with van der Waals surface area (Å²) in [7, 11) is 0. The maximum atomic E-state index is 8.69. The van der Waals surface area contributed by atoms with Crippen LogP contribution in [0.5, 0.6) is 0 Å². The van der Waals surface area contributed by atoms with Gasteiger partial charge in [0, 0.05) is 18.2 Å². The van der Waals surface area contributed by atoms with E-state index in [4.69, 9.17) is 11.7 Å². The lowest BCUT2D eigenvalue weighted by atomic mass is 10.2. The number of terminal acetylenes is 1. The standard InChI is InChI=1S/C12H12N2/c1-3-5-10(2)14-12-7-4-6-11(8-12)9-13/h1,4,6-8,10,14H,5H2,2H3. The Morgan fingerprint density at radius 1 is 1.57 bits per heavy atom. The molecule has 0 radical (unpaired) electrons. The van der Waals surface area contributed by atoms with Crippen molar-refractivity contribution in [1.82, 2.24) is 0 Å². The third-order valence-electron chi connectivity index (χ3n) is 1.83. The Kier molecular flexibility index (Phi) is 3.58. The predicted molar refractivity (Wildman–Crippen MR) is 57.7 cm³/mol. The third kappa shape index (κ3) is 2.84. The average Bonchev–Trinajstić information content (AvgIpc) is 2.18. The molecule has 1 atom stereocenters. The molecular weight excluding hydrogens is 172 g/mol. The molecule has 1 aromatic rings. The molecule has 1 unspecified atom stereocenters. The van der Waals surface area contributed by atoms with E-state index < -0.39 is 0 Å². The van der Waals surface area contributed by atoms with Gasteiger partial charge in [-0.2, -0.15) is 5.26 Å². The molecule has 0 aliphatic rings. The highest BCUT2D eigenvalue weighted by Gasteiger charge is 1.99. The minimum Gasteiger partial charge on any atom is -0.382 e. The van der Waals surface area contributed by atoms with Crippen molar-refractivity contribution in [1.29, 1.82) is 5.26 Å². The van der Waals surface area contributed by atoms with Crippen LogP contribution in [0, 0.1) is 23.7 Å². The second kappa shape index (κ2) is 4.94. The number of benzene rings is 1. The van der Waals surface area contributed by atoms with Crippen molar-refractivity contribution in [2.24, 2.45) is 0 Å². The van der Waals surface area contributed by atoms with Crippen molar-refractivity contribution in [3.63, 3.8) is 0 Å². The molecule has 0 aliphatic heterocycles. The third-order valence-corrected chi connectivity index (χ3v) is 1.83. The van der Waals surface area contributed by atoms with E-state index in [1.165, 1.54) is 0 Å². The van der Waals surface area contributed by atoms with E-state index >= 15 is 0 Å². The number of rotatable bonds is 3. The molecule has 1 aromatic carbocycles. The predicted octanol–water partition coefficient (Wildman–Crippen LogP) is 2.38. The van der Waals surface area contributed by atoms with Crippen molar-refractivity contribution in [2.45, 2.75) is 19.4 Å². The molecule has 1 rings (SSSR count). The molecule has 0 aliphatic carbocycles. The van der Waals surface area contributed by atoms with E-state index in [9.17, 15) is 0 Å². The van der Waals surface area contributed by atoms with Crippen LogP contribution in [-0.4, -0.2) is 6.04 Å². The molecule has 0 spiro atoms. The minimum absolute atomic E-state index is 0.231. The van der Waals surface area contributed by atoms with Gasteiger partial charge in [-0.15, -0.1) is 12.3 Å². The Balaban J connectivity index is 2.69. The summed E-state index contributed by atoms with van der Waals surface area (Å²) >= 11 is 0. The molecule has 0 fully saturated rings. The summed E-state index contributed by atoms with van der Waals surface area (Å²) in [5.74, 6) is 2.59. The zero-order valence-electron chi connectivity index (χ0n) is 8.12. The van der Waals surface area contributed by atoms with Gasteiger partial charge in [-0.1, -0.05) is 6.07 Å². The minimum atomic E-state index is 0.231. The first kappa shape index (κ1) is 10.2. The van der Waals surface area contributed by atoms with Crippen LogP contribution in [0.25, 0.3) is 0 Å². The van der Waals surface area contributed by atoms with Crippen LogP contribution >= 0.6 is 0 Å². The lowest BCUT2D eigenvalue weighted by Gasteiger charge is -2.12. The normalized spacial score (nSPS) is 11.1. The number of nitrogens with zero attached hydrogens (tertiary/aromatic N) is 1. The van der Waals surface area contributed by atoms with Gasteiger partial charge in [0.2, 0.25) is 0 Å². The topological polar surface area (TPSA) is 35.8 Å². The van der Waals surface area contributed by atoms with Crippen molar-refractivity contribution in [2.75, 3.05) is 5.32 Å². The monoisotopic (exact) mass is 184 g/mol. The average molecular weight is 184 g/mol. The van der Waals surface area contributed by atoms with Gasteiger partial charge in [-0.05, 0) is 25.1 Å². The summed E-state index contributed by atoms with van der Waals surface area (Å²) in [6.45, 7) is 2.01. The number of nitrogens with one attached hydrogen (secondary N) is 1. The Hall–Kier alpha value is -1.93. The van der Waals surface area contributed by atoms with Gasteiger partial charge < -0.3 is 5.32 Å². The fourth-order valence-electron chi connectivity index (χ4n) is 1.19. The molecular formula is C12H12N2. The maximum Gasteiger partial charge on any atom is 0.0992 e. The van der Waals surface area contributed by atoms with Crippen LogP contribution in [0.2, 0.25) is 0 Å². The van der Waals surface area contributed by atoms with Crippen LogP contribution < -0.4 is 5.32 Å². The van der Waals surface area contributed by atoms with Crippen molar-refractivity contribution in [3.05, 3.63) is 29.8 Å². The highest BCUT2D eigenvalue weighted by Crippen LogP contribution is 2.11. The maximum absolute atomic E-state index is 8.69. The zero-order chi connectivity index (χ0) is 10.4. The van der Waals surface area contributed by atoms with Crippen LogP contribution in [0.4, 0.5) is 5.69 Å². The molecule has 0 amide bonds. The number of nitriles is 1. The van der Waals surface area contributed by atoms with Crippen LogP contribution in [-0.2, 0) is 0 Å². The van der Waals surface area contributed by atoms with E-state index in [1.54, 1.807) is 6.07 Å². The van der Waals surface area contributed by atoms with Gasteiger partial charge in [-0.3, -0.25) is 0 Å². The van der Waals surface area contributed by atoms with E-state index in [-0.39, 0.29) is 6.04 Å². The highest BCUT2D eigenvalue weighted by molar-refractivity contribution is 5.49. The molecule has 0 saturated heterocycles. The number of hydrogen-bond acceptors (Lipinski definition) is 2. The molecule has 14 heavy (non-hydrogen) atoms. The summed E-state index contributed by atoms with van der Waals surface area (Å²) in [6, 6.07) is 9.69. The van der Waals surface area contributed by atoms with Crippen LogP contribution in [0.3, 0.4) is 0 Å². The fraction of sp³-hybridized carbons (Fsp3) is 0.250.